The Hall–Kier alpha value is -2.29. The number of carbonyl (C=O) groups excluding carboxylic acids is 1. The summed E-state index contributed by atoms with van der Waals surface area (Å²) in [7, 11) is 0. The molecule has 0 radical (unpaired) electrons. The van der Waals surface area contributed by atoms with E-state index in [9.17, 15) is 10.1 Å². The van der Waals surface area contributed by atoms with Crippen molar-refractivity contribution in [1.29, 1.82) is 5.26 Å². The van der Waals surface area contributed by atoms with E-state index in [1.165, 1.54) is 12.8 Å². The molecule has 1 fully saturated rings. The number of anilines is 1. The summed E-state index contributed by atoms with van der Waals surface area (Å²) in [4.78, 5) is 12.6. The minimum absolute atomic E-state index is 0.0172. The smallest absolute Gasteiger partial charge is 0.239 e. The molecule has 1 atom stereocenters. The van der Waals surface area contributed by atoms with Gasteiger partial charge in [0.2, 0.25) is 5.91 Å². The minimum Gasteiger partial charge on any atom is -0.327 e. The van der Waals surface area contributed by atoms with E-state index in [4.69, 9.17) is 11.6 Å². The van der Waals surface area contributed by atoms with Gasteiger partial charge in [-0.05, 0) is 56.9 Å². The third-order valence-electron chi connectivity index (χ3n) is 5.76. The van der Waals surface area contributed by atoms with E-state index < -0.39 is 0 Å². The molecule has 1 aliphatic rings. The summed E-state index contributed by atoms with van der Waals surface area (Å²) in [6.45, 7) is 6.16. The van der Waals surface area contributed by atoms with Gasteiger partial charge in [0.1, 0.15) is 11.9 Å². The van der Waals surface area contributed by atoms with Crippen LogP contribution in [0.1, 0.15) is 67.1 Å². The summed E-state index contributed by atoms with van der Waals surface area (Å²) in [5.74, 6) is 0.504. The van der Waals surface area contributed by atoms with Gasteiger partial charge in [0.05, 0.1) is 12.1 Å². The van der Waals surface area contributed by atoms with Crippen LogP contribution in [0.4, 0.5) is 5.82 Å². The average Bonchev–Trinajstić information content (AvgIpc) is 3.28. The predicted molar refractivity (Wildman–Crippen MR) is 113 cm³/mol. The van der Waals surface area contributed by atoms with Gasteiger partial charge in [-0.25, -0.2) is 0 Å². The maximum absolute atomic E-state index is 12.6. The summed E-state index contributed by atoms with van der Waals surface area (Å²) in [5.41, 5.74) is 3.66. The zero-order valence-corrected chi connectivity index (χ0v) is 17.4. The van der Waals surface area contributed by atoms with Crippen molar-refractivity contribution >= 4 is 23.3 Å². The van der Waals surface area contributed by atoms with Crippen molar-refractivity contribution in [2.45, 2.75) is 58.5 Å². The van der Waals surface area contributed by atoms with E-state index in [0.717, 1.165) is 29.7 Å². The van der Waals surface area contributed by atoms with Crippen LogP contribution in [0.5, 0.6) is 0 Å². The highest BCUT2D eigenvalue weighted by Gasteiger charge is 2.26. The van der Waals surface area contributed by atoms with E-state index in [0.29, 0.717) is 22.4 Å². The topological polar surface area (TPSA) is 69.8 Å². The maximum atomic E-state index is 12.6. The maximum Gasteiger partial charge on any atom is 0.239 e. The monoisotopic (exact) mass is 398 g/mol. The molecule has 2 N–H and O–H groups in total. The lowest BCUT2D eigenvalue weighted by molar-refractivity contribution is -0.115. The first-order chi connectivity index (χ1) is 13.4. The summed E-state index contributed by atoms with van der Waals surface area (Å²) in [5, 5.41) is 16.6. The van der Waals surface area contributed by atoms with Crippen molar-refractivity contribution in [2.75, 3.05) is 11.9 Å². The van der Waals surface area contributed by atoms with Crippen molar-refractivity contribution < 1.29 is 4.79 Å². The number of carbonyl (C=O) groups is 1. The molecule has 3 rings (SSSR count). The molecule has 148 valence electrons. The first kappa shape index (κ1) is 20.4. The third-order valence-corrected chi connectivity index (χ3v) is 6.01. The van der Waals surface area contributed by atoms with Gasteiger partial charge < -0.3 is 15.2 Å². The zero-order chi connectivity index (χ0) is 20.3. The molecular formula is C22H27ClN4O. The highest BCUT2D eigenvalue weighted by Crippen LogP contribution is 2.37. The number of nitriles is 1. The number of nitrogens with zero attached hydrogens (tertiary/aromatic N) is 2. The lowest BCUT2D eigenvalue weighted by Gasteiger charge is -2.20. The van der Waals surface area contributed by atoms with E-state index >= 15 is 0 Å². The molecule has 0 bridgehead atoms. The first-order valence-corrected chi connectivity index (χ1v) is 10.2. The molecular weight excluding hydrogens is 372 g/mol. The Morgan fingerprint density at radius 2 is 1.93 bits per heavy atom. The fourth-order valence-corrected chi connectivity index (χ4v) is 4.12. The Balaban J connectivity index is 1.72. The van der Waals surface area contributed by atoms with Crippen LogP contribution in [0.15, 0.2) is 24.3 Å². The second-order valence-electron chi connectivity index (χ2n) is 7.56. The molecule has 1 unspecified atom stereocenters. The van der Waals surface area contributed by atoms with Crippen molar-refractivity contribution in [3.63, 3.8) is 0 Å². The molecule has 0 spiro atoms. The number of amides is 1. The van der Waals surface area contributed by atoms with Crippen LogP contribution in [-0.2, 0) is 4.79 Å². The molecule has 1 saturated carbocycles. The standard InChI is InChI=1S/C22H27ClN4O/c1-14-16(3)27(19-6-4-5-7-19)22(20(14)12-24)26-21(28)13-25-15(2)17-8-10-18(23)11-9-17/h8-11,15,19,25H,4-7,13H2,1-3H3,(H,26,28). The number of hydrogen-bond acceptors (Lipinski definition) is 3. The van der Waals surface area contributed by atoms with E-state index in [-0.39, 0.29) is 18.5 Å². The lowest BCUT2D eigenvalue weighted by atomic mass is 10.1. The summed E-state index contributed by atoms with van der Waals surface area (Å²) in [6.07, 6.45) is 4.57. The second-order valence-corrected chi connectivity index (χ2v) is 7.99. The van der Waals surface area contributed by atoms with Gasteiger partial charge in [-0.1, -0.05) is 36.6 Å². The van der Waals surface area contributed by atoms with E-state index in [1.807, 2.05) is 45.0 Å². The van der Waals surface area contributed by atoms with Crippen LogP contribution in [-0.4, -0.2) is 17.0 Å². The SMILES string of the molecule is Cc1c(C#N)c(NC(=O)CNC(C)c2ccc(Cl)cc2)n(C2CCCC2)c1C. The zero-order valence-electron chi connectivity index (χ0n) is 16.7. The van der Waals surface area contributed by atoms with Gasteiger partial charge in [0.15, 0.2) is 0 Å². The predicted octanol–water partition coefficient (Wildman–Crippen LogP) is 5.03. The molecule has 0 saturated heterocycles. The fraction of sp³-hybridized carbons (Fsp3) is 0.455. The number of aromatic nitrogens is 1. The molecule has 2 aromatic rings. The van der Waals surface area contributed by atoms with Gasteiger partial charge in [-0.15, -0.1) is 0 Å². The largest absolute Gasteiger partial charge is 0.327 e. The molecule has 1 aromatic heterocycles. The molecule has 6 heteroatoms. The van der Waals surface area contributed by atoms with Crippen molar-refractivity contribution in [1.82, 2.24) is 9.88 Å². The fourth-order valence-electron chi connectivity index (χ4n) is 4.00. The molecule has 1 heterocycles. The van der Waals surface area contributed by atoms with Gasteiger partial charge in [0, 0.05) is 22.8 Å². The van der Waals surface area contributed by atoms with Crippen LogP contribution < -0.4 is 10.6 Å². The Labute approximate surface area is 171 Å². The van der Waals surface area contributed by atoms with Gasteiger partial charge >= 0.3 is 0 Å². The number of nitrogens with one attached hydrogen (secondary N) is 2. The summed E-state index contributed by atoms with van der Waals surface area (Å²) in [6, 6.07) is 10.2. The number of hydrogen-bond donors (Lipinski definition) is 2. The van der Waals surface area contributed by atoms with Crippen LogP contribution in [0.25, 0.3) is 0 Å². The summed E-state index contributed by atoms with van der Waals surface area (Å²) >= 11 is 5.93. The van der Waals surface area contributed by atoms with Gasteiger partial charge in [-0.2, -0.15) is 5.26 Å². The van der Waals surface area contributed by atoms with E-state index in [2.05, 4.69) is 21.3 Å². The number of benzene rings is 1. The quantitative estimate of drug-likeness (QED) is 0.716. The number of rotatable bonds is 6. The Morgan fingerprint density at radius 3 is 2.54 bits per heavy atom. The number of halogens is 1. The Morgan fingerprint density at radius 1 is 1.29 bits per heavy atom. The van der Waals surface area contributed by atoms with Crippen molar-refractivity contribution in [3.05, 3.63) is 51.7 Å². The first-order valence-electron chi connectivity index (χ1n) is 9.82. The Bertz CT molecular complexity index is 889. The van der Waals surface area contributed by atoms with Crippen molar-refractivity contribution in [3.8, 4) is 6.07 Å². The van der Waals surface area contributed by atoms with Crippen molar-refractivity contribution in [2.24, 2.45) is 0 Å². The lowest BCUT2D eigenvalue weighted by Crippen LogP contribution is -2.31. The molecule has 1 aromatic carbocycles. The molecule has 1 amide bonds. The minimum atomic E-state index is -0.144. The van der Waals surface area contributed by atoms with Crippen LogP contribution in [0, 0.1) is 25.2 Å². The van der Waals surface area contributed by atoms with Gasteiger partial charge in [0.25, 0.3) is 0 Å². The average molecular weight is 399 g/mol. The molecule has 0 aliphatic heterocycles. The molecule has 1 aliphatic carbocycles. The van der Waals surface area contributed by atoms with E-state index in [1.54, 1.807) is 0 Å². The van der Waals surface area contributed by atoms with Gasteiger partial charge in [-0.3, -0.25) is 4.79 Å². The molecule has 28 heavy (non-hydrogen) atoms. The highest BCUT2D eigenvalue weighted by molar-refractivity contribution is 6.30. The summed E-state index contributed by atoms with van der Waals surface area (Å²) < 4.78 is 2.17. The Kier molecular flexibility index (Phi) is 6.43. The van der Waals surface area contributed by atoms with Crippen LogP contribution in [0.2, 0.25) is 5.02 Å². The third kappa shape index (κ3) is 4.24. The highest BCUT2D eigenvalue weighted by atomic mass is 35.5. The molecule has 5 nitrogen and oxygen atoms in total. The second kappa shape index (κ2) is 8.81. The normalized spacial score (nSPS) is 15.4. The van der Waals surface area contributed by atoms with Crippen LogP contribution in [0.3, 0.4) is 0 Å². The van der Waals surface area contributed by atoms with Crippen LogP contribution >= 0.6 is 11.6 Å².